The molecule has 2 amide bonds. The molecule has 0 aliphatic carbocycles. The Bertz CT molecular complexity index is 1030. The third-order valence-corrected chi connectivity index (χ3v) is 5.59. The second kappa shape index (κ2) is 9.40. The molecule has 2 aromatic rings. The topological polar surface area (TPSA) is 61.9 Å². The van der Waals surface area contributed by atoms with Crippen LogP contribution in [0.2, 0.25) is 0 Å². The smallest absolute Gasteiger partial charge is 0.270 e. The lowest BCUT2D eigenvalue weighted by atomic mass is 10.1. The average molecular weight is 488 g/mol. The number of halogens is 1. The largest absolute Gasteiger partial charge is 0.496 e. The van der Waals surface area contributed by atoms with Crippen molar-refractivity contribution in [1.29, 1.82) is 0 Å². The fourth-order valence-electron chi connectivity index (χ4n) is 3.27. The van der Waals surface area contributed by atoms with Crippen LogP contribution < -0.4 is 19.9 Å². The normalized spacial score (nSPS) is 15.4. The van der Waals surface area contributed by atoms with E-state index in [0.29, 0.717) is 17.0 Å². The first-order valence-corrected chi connectivity index (χ1v) is 10.7. The van der Waals surface area contributed by atoms with E-state index in [0.717, 1.165) is 23.2 Å². The molecule has 1 aliphatic rings. The van der Waals surface area contributed by atoms with Gasteiger partial charge in [0.2, 0.25) is 0 Å². The molecular formula is C22H22BrN3O3S. The van der Waals surface area contributed by atoms with Crippen LogP contribution in [0.4, 0.5) is 11.4 Å². The van der Waals surface area contributed by atoms with Crippen LogP contribution in [0.5, 0.6) is 5.75 Å². The number of nitrogens with zero attached hydrogens (tertiary/aromatic N) is 2. The van der Waals surface area contributed by atoms with Crippen molar-refractivity contribution in [3.63, 3.8) is 0 Å². The maximum atomic E-state index is 13.2. The predicted octanol–water partition coefficient (Wildman–Crippen LogP) is 4.14. The summed E-state index contributed by atoms with van der Waals surface area (Å²) >= 11 is 8.64. The van der Waals surface area contributed by atoms with Crippen LogP contribution in [0, 0.1) is 0 Å². The summed E-state index contributed by atoms with van der Waals surface area (Å²) in [6.07, 6.45) is 1.54. The van der Waals surface area contributed by atoms with Crippen LogP contribution in [0.3, 0.4) is 0 Å². The van der Waals surface area contributed by atoms with E-state index >= 15 is 0 Å². The van der Waals surface area contributed by atoms with Gasteiger partial charge in [-0.2, -0.15) is 0 Å². The molecule has 3 rings (SSSR count). The number of benzene rings is 2. The highest BCUT2D eigenvalue weighted by Crippen LogP contribution is 2.30. The van der Waals surface area contributed by atoms with Crippen LogP contribution >= 0.6 is 28.1 Å². The Morgan fingerprint density at radius 1 is 1.17 bits per heavy atom. The Hall–Kier alpha value is -2.71. The maximum Gasteiger partial charge on any atom is 0.270 e. The van der Waals surface area contributed by atoms with E-state index in [1.807, 2.05) is 24.3 Å². The van der Waals surface area contributed by atoms with Gasteiger partial charge in [-0.25, -0.2) is 0 Å². The third-order valence-electron chi connectivity index (χ3n) is 4.81. The number of carbonyl (C=O) groups is 2. The Labute approximate surface area is 189 Å². The average Bonchev–Trinajstić information content (AvgIpc) is 2.72. The highest BCUT2D eigenvalue weighted by molar-refractivity contribution is 9.10. The summed E-state index contributed by atoms with van der Waals surface area (Å²) in [4.78, 5) is 29.2. The maximum absolute atomic E-state index is 13.2. The molecule has 0 unspecified atom stereocenters. The lowest BCUT2D eigenvalue weighted by Crippen LogP contribution is -2.54. The van der Waals surface area contributed by atoms with Gasteiger partial charge in [0.1, 0.15) is 11.3 Å². The van der Waals surface area contributed by atoms with Crippen molar-refractivity contribution in [3.8, 4) is 5.75 Å². The van der Waals surface area contributed by atoms with E-state index < -0.39 is 11.8 Å². The lowest BCUT2D eigenvalue weighted by Gasteiger charge is -2.29. The molecule has 30 heavy (non-hydrogen) atoms. The van der Waals surface area contributed by atoms with E-state index in [2.05, 4.69) is 40.0 Å². The lowest BCUT2D eigenvalue weighted by molar-refractivity contribution is -0.122. The predicted molar refractivity (Wildman–Crippen MR) is 127 cm³/mol. The molecule has 156 valence electrons. The quantitative estimate of drug-likeness (QED) is 0.377. The molecule has 8 heteroatoms. The molecule has 0 radical (unpaired) electrons. The summed E-state index contributed by atoms with van der Waals surface area (Å²) in [5, 5.41) is 2.64. The first-order valence-electron chi connectivity index (χ1n) is 9.49. The van der Waals surface area contributed by atoms with E-state index in [1.54, 1.807) is 25.3 Å². The molecule has 0 atom stereocenters. The number of hydrogen-bond donors (Lipinski definition) is 1. The summed E-state index contributed by atoms with van der Waals surface area (Å²) in [7, 11) is 1.56. The fourth-order valence-corrected chi connectivity index (χ4v) is 3.94. The zero-order valence-corrected chi connectivity index (χ0v) is 19.3. The molecule has 1 fully saturated rings. The Morgan fingerprint density at radius 2 is 1.90 bits per heavy atom. The Kier molecular flexibility index (Phi) is 6.89. The molecule has 0 saturated carbocycles. The Balaban J connectivity index is 2.02. The van der Waals surface area contributed by atoms with Gasteiger partial charge >= 0.3 is 0 Å². The number of carbonyl (C=O) groups excluding carboxylic acids is 2. The summed E-state index contributed by atoms with van der Waals surface area (Å²) < 4.78 is 6.32. The Morgan fingerprint density at radius 3 is 2.53 bits per heavy atom. The zero-order valence-electron chi connectivity index (χ0n) is 16.9. The number of methoxy groups -OCH3 is 1. The van der Waals surface area contributed by atoms with Gasteiger partial charge in [-0.3, -0.25) is 19.8 Å². The minimum atomic E-state index is -0.536. The second-order valence-electron chi connectivity index (χ2n) is 6.54. The molecule has 6 nitrogen and oxygen atoms in total. The molecule has 0 bridgehead atoms. The monoisotopic (exact) mass is 487 g/mol. The van der Waals surface area contributed by atoms with E-state index in [4.69, 9.17) is 17.0 Å². The SMILES string of the molecule is CCN(CC)c1ccc(/C=C2\C(=O)NC(=S)N(c3cccc(Br)c3)C2=O)c(OC)c1. The van der Waals surface area contributed by atoms with Gasteiger partial charge in [-0.15, -0.1) is 0 Å². The number of anilines is 2. The van der Waals surface area contributed by atoms with Crippen molar-refractivity contribution in [2.24, 2.45) is 0 Å². The number of hydrogen-bond acceptors (Lipinski definition) is 5. The molecule has 0 spiro atoms. The van der Waals surface area contributed by atoms with E-state index in [-0.39, 0.29) is 10.7 Å². The van der Waals surface area contributed by atoms with Gasteiger partial charge in [0.05, 0.1) is 12.8 Å². The van der Waals surface area contributed by atoms with Crippen molar-refractivity contribution in [1.82, 2.24) is 5.32 Å². The highest BCUT2D eigenvalue weighted by atomic mass is 79.9. The zero-order chi connectivity index (χ0) is 21.8. The van der Waals surface area contributed by atoms with Crippen molar-refractivity contribution in [2.45, 2.75) is 13.8 Å². The van der Waals surface area contributed by atoms with Crippen molar-refractivity contribution < 1.29 is 14.3 Å². The molecule has 0 aromatic heterocycles. The number of ether oxygens (including phenoxy) is 1. The number of nitrogens with one attached hydrogen (secondary N) is 1. The number of rotatable bonds is 6. The summed E-state index contributed by atoms with van der Waals surface area (Å²) in [6, 6.07) is 12.9. The molecule has 1 N–H and O–H groups in total. The summed E-state index contributed by atoms with van der Waals surface area (Å²) in [5.74, 6) is -0.447. The first kappa shape index (κ1) is 22.0. The van der Waals surface area contributed by atoms with Crippen LogP contribution in [0.15, 0.2) is 52.5 Å². The number of amides is 2. The van der Waals surface area contributed by atoms with Gasteiger partial charge in [0.25, 0.3) is 11.8 Å². The third kappa shape index (κ3) is 4.39. The first-order chi connectivity index (χ1) is 14.4. The molecule has 1 saturated heterocycles. The molecule has 1 aliphatic heterocycles. The van der Waals surface area contributed by atoms with Crippen LogP contribution in [-0.4, -0.2) is 37.1 Å². The van der Waals surface area contributed by atoms with Gasteiger partial charge < -0.3 is 9.64 Å². The van der Waals surface area contributed by atoms with Crippen molar-refractivity contribution in [3.05, 3.63) is 58.1 Å². The molecular weight excluding hydrogens is 466 g/mol. The minimum Gasteiger partial charge on any atom is -0.496 e. The fraction of sp³-hybridized carbons (Fsp3) is 0.227. The minimum absolute atomic E-state index is 0.0162. The molecule has 2 aromatic carbocycles. The van der Waals surface area contributed by atoms with Gasteiger partial charge in [0.15, 0.2) is 5.11 Å². The van der Waals surface area contributed by atoms with Gasteiger partial charge in [-0.05, 0) is 62.5 Å². The van der Waals surface area contributed by atoms with Gasteiger partial charge in [0, 0.05) is 34.9 Å². The van der Waals surface area contributed by atoms with E-state index in [9.17, 15) is 9.59 Å². The van der Waals surface area contributed by atoms with Gasteiger partial charge in [-0.1, -0.05) is 22.0 Å². The highest BCUT2D eigenvalue weighted by Gasteiger charge is 2.34. The van der Waals surface area contributed by atoms with Crippen molar-refractivity contribution >= 4 is 62.5 Å². The van der Waals surface area contributed by atoms with E-state index in [1.165, 1.54) is 11.0 Å². The van der Waals surface area contributed by atoms with Crippen LogP contribution in [0.25, 0.3) is 6.08 Å². The molecule has 1 heterocycles. The second-order valence-corrected chi connectivity index (χ2v) is 7.84. The number of thiocarbonyl (C=S) groups is 1. The van der Waals surface area contributed by atoms with Crippen molar-refractivity contribution in [2.75, 3.05) is 30.0 Å². The summed E-state index contributed by atoms with van der Waals surface area (Å²) in [6.45, 7) is 5.88. The van der Waals surface area contributed by atoms with Crippen LogP contribution in [0.1, 0.15) is 19.4 Å². The standard InChI is InChI=1S/C22H22BrN3O3S/c1-4-25(5-2)16-10-9-14(19(13-16)29-3)11-18-20(27)24-22(30)26(21(18)28)17-8-6-7-15(23)12-17/h6-13H,4-5H2,1-3H3,(H,24,27,30)/b18-11+. The van der Waals surface area contributed by atoms with Crippen LogP contribution in [-0.2, 0) is 9.59 Å². The summed E-state index contributed by atoms with van der Waals surface area (Å²) in [5.41, 5.74) is 2.19.